The number of halogens is 2. The Bertz CT molecular complexity index is 436. The van der Waals surface area contributed by atoms with Gasteiger partial charge in [0.15, 0.2) is 0 Å². The van der Waals surface area contributed by atoms with E-state index in [0.29, 0.717) is 0 Å². The first-order valence-corrected chi connectivity index (χ1v) is 5.45. The predicted octanol–water partition coefficient (Wildman–Crippen LogP) is 2.05. The summed E-state index contributed by atoms with van der Waals surface area (Å²) in [6.45, 7) is 0. The Labute approximate surface area is 75.8 Å². The molecule has 0 N–H and O–H groups in total. The summed E-state index contributed by atoms with van der Waals surface area (Å²) in [6.07, 6.45) is 1.27. The van der Waals surface area contributed by atoms with Gasteiger partial charge < -0.3 is 0 Å². The zero-order valence-corrected chi connectivity index (χ0v) is 8.07. The Kier molecular flexibility index (Phi) is 2.66. The number of hydrogen-bond donors (Lipinski definition) is 0. The monoisotopic (exact) mass is 205 g/mol. The van der Waals surface area contributed by atoms with Gasteiger partial charge in [0.05, 0.1) is 14.6 Å². The minimum Gasteiger partial charge on any atom is -0.245 e. The molecule has 0 aliphatic heterocycles. The third kappa shape index (κ3) is 2.03. The Morgan fingerprint density at radius 2 is 2.00 bits per heavy atom. The van der Waals surface area contributed by atoms with Gasteiger partial charge in [0.2, 0.25) is 0 Å². The maximum absolute atomic E-state index is 13.0. The first-order valence-electron chi connectivity index (χ1n) is 3.52. The SMILES string of the molecule is CN=S(C)(=O)c1cc(F)ccc1F. The summed E-state index contributed by atoms with van der Waals surface area (Å²) in [6, 6.07) is 2.83. The van der Waals surface area contributed by atoms with Crippen LogP contribution in [0.1, 0.15) is 0 Å². The summed E-state index contributed by atoms with van der Waals surface area (Å²) < 4.78 is 40.8. The summed E-state index contributed by atoms with van der Waals surface area (Å²) in [5.74, 6) is -1.31. The predicted molar refractivity (Wildman–Crippen MR) is 47.0 cm³/mol. The number of benzene rings is 1. The maximum Gasteiger partial charge on any atom is 0.140 e. The lowest BCUT2D eigenvalue weighted by Crippen LogP contribution is -2.01. The van der Waals surface area contributed by atoms with Crippen molar-refractivity contribution in [1.29, 1.82) is 0 Å². The van der Waals surface area contributed by atoms with Crippen molar-refractivity contribution in [2.75, 3.05) is 13.3 Å². The largest absolute Gasteiger partial charge is 0.245 e. The minimum atomic E-state index is -2.79. The zero-order chi connectivity index (χ0) is 10.1. The average molecular weight is 205 g/mol. The maximum atomic E-state index is 13.0. The van der Waals surface area contributed by atoms with Gasteiger partial charge in [-0.3, -0.25) is 0 Å². The van der Waals surface area contributed by atoms with Crippen molar-refractivity contribution in [3.8, 4) is 0 Å². The van der Waals surface area contributed by atoms with Gasteiger partial charge in [0.1, 0.15) is 11.6 Å². The quantitative estimate of drug-likeness (QED) is 0.690. The van der Waals surface area contributed by atoms with Crippen LogP contribution >= 0.6 is 0 Å². The Morgan fingerprint density at radius 1 is 1.38 bits per heavy atom. The molecule has 0 saturated heterocycles. The molecule has 72 valence electrons. The molecule has 2 nitrogen and oxygen atoms in total. The molecule has 1 aromatic carbocycles. The van der Waals surface area contributed by atoms with Crippen LogP contribution in [0.5, 0.6) is 0 Å². The van der Waals surface area contributed by atoms with Crippen LogP contribution < -0.4 is 0 Å². The molecule has 0 fully saturated rings. The van der Waals surface area contributed by atoms with Crippen molar-refractivity contribution >= 4 is 9.73 Å². The van der Waals surface area contributed by atoms with E-state index in [0.717, 1.165) is 18.2 Å². The van der Waals surface area contributed by atoms with Gasteiger partial charge in [-0.2, -0.15) is 0 Å². The first-order chi connectivity index (χ1) is 5.97. The first kappa shape index (κ1) is 10.1. The van der Waals surface area contributed by atoms with Crippen molar-refractivity contribution < 1.29 is 13.0 Å². The molecule has 0 bridgehead atoms. The Balaban J connectivity index is 3.47. The molecule has 0 radical (unpaired) electrons. The fraction of sp³-hybridized carbons (Fsp3) is 0.250. The molecule has 0 aliphatic carbocycles. The van der Waals surface area contributed by atoms with Gasteiger partial charge in [0.25, 0.3) is 0 Å². The van der Waals surface area contributed by atoms with Gasteiger partial charge in [-0.05, 0) is 18.2 Å². The van der Waals surface area contributed by atoms with E-state index in [1.165, 1.54) is 13.3 Å². The van der Waals surface area contributed by atoms with E-state index in [9.17, 15) is 13.0 Å². The molecule has 1 unspecified atom stereocenters. The normalized spacial score (nSPS) is 15.1. The zero-order valence-electron chi connectivity index (χ0n) is 7.25. The highest BCUT2D eigenvalue weighted by molar-refractivity contribution is 7.93. The van der Waals surface area contributed by atoms with Crippen molar-refractivity contribution in [2.24, 2.45) is 4.36 Å². The van der Waals surface area contributed by atoms with Crippen LogP contribution in [0, 0.1) is 11.6 Å². The van der Waals surface area contributed by atoms with Crippen LogP contribution in [-0.4, -0.2) is 17.5 Å². The topological polar surface area (TPSA) is 29.4 Å². The van der Waals surface area contributed by atoms with Crippen LogP contribution in [0.4, 0.5) is 8.78 Å². The molecule has 0 saturated carbocycles. The van der Waals surface area contributed by atoms with E-state index in [2.05, 4.69) is 4.36 Å². The molecule has 0 spiro atoms. The van der Waals surface area contributed by atoms with E-state index in [1.807, 2.05) is 0 Å². The highest BCUT2D eigenvalue weighted by Gasteiger charge is 2.11. The van der Waals surface area contributed by atoms with Crippen LogP contribution in [0.3, 0.4) is 0 Å². The lowest BCUT2D eigenvalue weighted by atomic mass is 10.3. The van der Waals surface area contributed by atoms with Crippen molar-refractivity contribution in [3.63, 3.8) is 0 Å². The van der Waals surface area contributed by atoms with E-state index >= 15 is 0 Å². The summed E-state index contributed by atoms with van der Waals surface area (Å²) >= 11 is 0. The van der Waals surface area contributed by atoms with Crippen LogP contribution in [0.2, 0.25) is 0 Å². The fourth-order valence-electron chi connectivity index (χ4n) is 0.866. The van der Waals surface area contributed by atoms with Gasteiger partial charge in [-0.25, -0.2) is 17.4 Å². The van der Waals surface area contributed by atoms with E-state index in [-0.39, 0.29) is 4.90 Å². The van der Waals surface area contributed by atoms with Gasteiger partial charge >= 0.3 is 0 Å². The Morgan fingerprint density at radius 3 is 2.54 bits per heavy atom. The van der Waals surface area contributed by atoms with E-state index in [1.54, 1.807) is 0 Å². The molecule has 1 atom stereocenters. The van der Waals surface area contributed by atoms with Crippen molar-refractivity contribution in [1.82, 2.24) is 0 Å². The molecule has 0 aromatic heterocycles. The summed E-state index contributed by atoms with van der Waals surface area (Å²) in [5.41, 5.74) is 0. The average Bonchev–Trinajstić information content (AvgIpc) is 2.09. The molecular formula is C8H9F2NOS. The van der Waals surface area contributed by atoms with E-state index in [4.69, 9.17) is 0 Å². The van der Waals surface area contributed by atoms with Crippen LogP contribution in [0.25, 0.3) is 0 Å². The highest BCUT2D eigenvalue weighted by atomic mass is 32.2. The molecule has 0 heterocycles. The second-order valence-corrected chi connectivity index (χ2v) is 4.97. The standard InChI is InChI=1S/C8H9F2NOS/c1-11-13(2,12)8-5-6(9)3-4-7(8)10/h3-5H,1-2H3. The summed E-state index contributed by atoms with van der Waals surface area (Å²) in [5, 5.41) is 0. The lowest BCUT2D eigenvalue weighted by molar-refractivity contribution is 0.571. The smallest absolute Gasteiger partial charge is 0.140 e. The summed E-state index contributed by atoms with van der Waals surface area (Å²) in [7, 11) is -1.48. The van der Waals surface area contributed by atoms with Crippen molar-refractivity contribution in [2.45, 2.75) is 4.90 Å². The van der Waals surface area contributed by atoms with Gasteiger partial charge in [0, 0.05) is 13.3 Å². The third-order valence-electron chi connectivity index (χ3n) is 1.65. The van der Waals surface area contributed by atoms with E-state index < -0.39 is 21.4 Å². The molecular weight excluding hydrogens is 196 g/mol. The third-order valence-corrected chi connectivity index (χ3v) is 3.48. The lowest BCUT2D eigenvalue weighted by Gasteiger charge is -2.03. The van der Waals surface area contributed by atoms with Crippen molar-refractivity contribution in [3.05, 3.63) is 29.8 Å². The number of hydrogen-bond acceptors (Lipinski definition) is 2. The molecule has 5 heteroatoms. The van der Waals surface area contributed by atoms with Crippen LogP contribution in [0.15, 0.2) is 27.5 Å². The minimum absolute atomic E-state index is 0.185. The van der Waals surface area contributed by atoms with Gasteiger partial charge in [-0.1, -0.05) is 0 Å². The Hall–Kier alpha value is -0.970. The molecule has 1 rings (SSSR count). The molecule has 13 heavy (non-hydrogen) atoms. The molecule has 1 aromatic rings. The second kappa shape index (κ2) is 3.41. The number of rotatable bonds is 1. The highest BCUT2D eigenvalue weighted by Crippen LogP contribution is 2.16. The fourth-order valence-corrected chi connectivity index (χ4v) is 1.82. The number of nitrogens with zero attached hydrogens (tertiary/aromatic N) is 1. The summed E-state index contributed by atoms with van der Waals surface area (Å²) in [4.78, 5) is -0.185. The van der Waals surface area contributed by atoms with Gasteiger partial charge in [-0.15, -0.1) is 0 Å². The van der Waals surface area contributed by atoms with Crippen LogP contribution in [-0.2, 0) is 9.73 Å². The second-order valence-electron chi connectivity index (χ2n) is 2.56. The molecule has 0 aliphatic rings. The molecule has 0 amide bonds.